The van der Waals surface area contributed by atoms with Gasteiger partial charge in [0.1, 0.15) is 0 Å². The van der Waals surface area contributed by atoms with Crippen LogP contribution in [0.25, 0.3) is 0 Å². The van der Waals surface area contributed by atoms with Crippen molar-refractivity contribution in [3.05, 3.63) is 30.9 Å². The van der Waals surface area contributed by atoms with Gasteiger partial charge in [0.2, 0.25) is 11.0 Å². The van der Waals surface area contributed by atoms with Crippen molar-refractivity contribution < 1.29 is 13.2 Å². The molecule has 0 bridgehead atoms. The fraction of sp³-hybridized carbons (Fsp3) is 0.312. The Morgan fingerprint density at radius 1 is 1.37 bits per heavy atom. The number of nitrogens with one attached hydrogen (secondary N) is 2. The lowest BCUT2D eigenvalue weighted by Crippen LogP contribution is -2.19. The summed E-state index contributed by atoms with van der Waals surface area (Å²) in [5.41, 5.74) is 0.462. The number of benzene rings is 1. The standard InChI is InChI=1S/C16H20N4O3S4/c1-5-8-25-16-19-18-15(26-16)20-27(22,23)11-6-7-13(24-4)12(9-11)17-14(21)10(2)3/h5-7,9-10H,1,8H2,2-4H3,(H,17,21)(H,18,20). The Bertz CT molecular complexity index is 925. The number of aromatic nitrogens is 2. The molecule has 0 aliphatic heterocycles. The Morgan fingerprint density at radius 3 is 2.74 bits per heavy atom. The number of nitrogens with zero attached hydrogens (tertiary/aromatic N) is 2. The third kappa shape index (κ3) is 5.96. The van der Waals surface area contributed by atoms with Gasteiger partial charge in [-0.05, 0) is 24.5 Å². The largest absolute Gasteiger partial charge is 0.325 e. The molecule has 0 spiro atoms. The summed E-state index contributed by atoms with van der Waals surface area (Å²) in [7, 11) is -3.86. The highest BCUT2D eigenvalue weighted by molar-refractivity contribution is 8.01. The first-order chi connectivity index (χ1) is 12.8. The Kier molecular flexibility index (Phi) is 7.71. The van der Waals surface area contributed by atoms with Gasteiger partial charge in [0, 0.05) is 16.6 Å². The van der Waals surface area contributed by atoms with E-state index in [1.165, 1.54) is 35.7 Å². The molecule has 1 aromatic carbocycles. The quantitative estimate of drug-likeness (QED) is 0.446. The molecule has 0 atom stereocenters. The maximum Gasteiger partial charge on any atom is 0.263 e. The monoisotopic (exact) mass is 444 g/mol. The fourth-order valence-electron chi connectivity index (χ4n) is 1.84. The second kappa shape index (κ2) is 9.58. The number of hydrogen-bond acceptors (Lipinski definition) is 8. The average molecular weight is 445 g/mol. The third-order valence-corrected chi connectivity index (χ3v) is 7.45. The molecule has 0 saturated carbocycles. The van der Waals surface area contributed by atoms with Crippen LogP contribution < -0.4 is 10.0 Å². The fourth-order valence-corrected chi connectivity index (χ4v) is 5.15. The van der Waals surface area contributed by atoms with Crippen molar-refractivity contribution in [3.8, 4) is 0 Å². The summed E-state index contributed by atoms with van der Waals surface area (Å²) in [5.74, 6) is 0.267. The maximum atomic E-state index is 12.7. The Balaban J connectivity index is 2.25. The number of amides is 1. The molecule has 2 N–H and O–H groups in total. The van der Waals surface area contributed by atoms with Crippen LogP contribution in [0.4, 0.5) is 10.8 Å². The lowest BCUT2D eigenvalue weighted by molar-refractivity contribution is -0.118. The van der Waals surface area contributed by atoms with Gasteiger partial charge in [-0.3, -0.25) is 9.52 Å². The number of hydrogen-bond donors (Lipinski definition) is 2. The molecule has 27 heavy (non-hydrogen) atoms. The molecule has 146 valence electrons. The van der Waals surface area contributed by atoms with Crippen molar-refractivity contribution in [1.29, 1.82) is 0 Å². The van der Waals surface area contributed by atoms with Crippen LogP contribution in [0, 0.1) is 5.92 Å². The lowest BCUT2D eigenvalue weighted by atomic mass is 10.2. The van der Waals surface area contributed by atoms with Crippen molar-refractivity contribution in [2.45, 2.75) is 28.0 Å². The van der Waals surface area contributed by atoms with E-state index in [1.807, 2.05) is 6.26 Å². The molecule has 0 saturated heterocycles. The normalized spacial score (nSPS) is 11.4. The molecular formula is C16H20N4O3S4. The number of carbonyl (C=O) groups is 1. The van der Waals surface area contributed by atoms with Gasteiger partial charge in [0.05, 0.1) is 10.6 Å². The highest BCUT2D eigenvalue weighted by atomic mass is 32.2. The molecule has 0 fully saturated rings. The summed E-state index contributed by atoms with van der Waals surface area (Å²) in [6.07, 6.45) is 3.59. The first-order valence-corrected chi connectivity index (χ1v) is 12.4. The molecule has 0 aliphatic carbocycles. The topological polar surface area (TPSA) is 101 Å². The molecule has 2 rings (SSSR count). The van der Waals surface area contributed by atoms with Crippen molar-refractivity contribution in [3.63, 3.8) is 0 Å². The highest BCUT2D eigenvalue weighted by Gasteiger charge is 2.20. The summed E-state index contributed by atoms with van der Waals surface area (Å²) < 4.78 is 28.4. The highest BCUT2D eigenvalue weighted by Crippen LogP contribution is 2.31. The van der Waals surface area contributed by atoms with Gasteiger partial charge in [0.25, 0.3) is 10.0 Å². The molecule has 1 aromatic heterocycles. The zero-order valence-corrected chi connectivity index (χ0v) is 18.3. The first kappa shape index (κ1) is 21.7. The van der Waals surface area contributed by atoms with Crippen molar-refractivity contribution >= 4 is 61.6 Å². The van der Waals surface area contributed by atoms with E-state index < -0.39 is 10.0 Å². The summed E-state index contributed by atoms with van der Waals surface area (Å²) in [6.45, 7) is 7.17. The van der Waals surface area contributed by atoms with E-state index in [0.717, 1.165) is 16.2 Å². The van der Waals surface area contributed by atoms with Crippen molar-refractivity contribution in [2.75, 3.05) is 22.0 Å². The molecule has 2 aromatic rings. The van der Waals surface area contributed by atoms with Crippen LogP contribution >= 0.6 is 34.9 Å². The smallest absolute Gasteiger partial charge is 0.263 e. The van der Waals surface area contributed by atoms with Crippen molar-refractivity contribution in [2.24, 2.45) is 5.92 Å². The Morgan fingerprint density at radius 2 is 2.11 bits per heavy atom. The van der Waals surface area contributed by atoms with Gasteiger partial charge >= 0.3 is 0 Å². The van der Waals surface area contributed by atoms with Crippen LogP contribution in [0.2, 0.25) is 0 Å². The lowest BCUT2D eigenvalue weighted by Gasteiger charge is -2.13. The number of thioether (sulfide) groups is 2. The zero-order chi connectivity index (χ0) is 20.0. The van der Waals surface area contributed by atoms with Crippen LogP contribution in [0.1, 0.15) is 13.8 Å². The molecular weight excluding hydrogens is 424 g/mol. The SMILES string of the molecule is C=CCSc1nnc(NS(=O)(=O)c2ccc(SC)c(NC(=O)C(C)C)c2)s1. The third-order valence-electron chi connectivity index (χ3n) is 3.22. The minimum absolute atomic E-state index is 0.0369. The molecule has 7 nitrogen and oxygen atoms in total. The van der Waals surface area contributed by atoms with Gasteiger partial charge in [-0.25, -0.2) is 8.42 Å². The molecule has 11 heteroatoms. The van der Waals surface area contributed by atoms with E-state index in [9.17, 15) is 13.2 Å². The zero-order valence-electron chi connectivity index (χ0n) is 15.1. The first-order valence-electron chi connectivity index (χ1n) is 7.85. The summed E-state index contributed by atoms with van der Waals surface area (Å²) in [5, 5.41) is 10.7. The minimum atomic E-state index is -3.86. The molecule has 1 amide bonds. The minimum Gasteiger partial charge on any atom is -0.325 e. The maximum absolute atomic E-state index is 12.7. The summed E-state index contributed by atoms with van der Waals surface area (Å²) in [4.78, 5) is 12.8. The van der Waals surface area contributed by atoms with Gasteiger partial charge in [-0.2, -0.15) is 0 Å². The van der Waals surface area contributed by atoms with E-state index in [1.54, 1.807) is 26.0 Å². The predicted molar refractivity (Wildman–Crippen MR) is 113 cm³/mol. The van der Waals surface area contributed by atoms with Gasteiger partial charge in [-0.1, -0.05) is 43.0 Å². The number of sulfonamides is 1. The van der Waals surface area contributed by atoms with E-state index in [4.69, 9.17) is 0 Å². The molecule has 0 aliphatic rings. The van der Waals surface area contributed by atoms with Gasteiger partial charge in [0.15, 0.2) is 4.34 Å². The van der Waals surface area contributed by atoms with E-state index in [0.29, 0.717) is 15.8 Å². The van der Waals surface area contributed by atoms with Crippen LogP contribution in [0.5, 0.6) is 0 Å². The van der Waals surface area contributed by atoms with Gasteiger partial charge < -0.3 is 5.32 Å². The average Bonchev–Trinajstić information content (AvgIpc) is 3.06. The second-order valence-electron chi connectivity index (χ2n) is 5.58. The number of anilines is 2. The number of carbonyl (C=O) groups excluding carboxylic acids is 1. The van der Waals surface area contributed by atoms with E-state index in [-0.39, 0.29) is 21.9 Å². The summed E-state index contributed by atoms with van der Waals surface area (Å²) in [6, 6.07) is 4.61. The van der Waals surface area contributed by atoms with Crippen LogP contribution in [-0.4, -0.2) is 36.5 Å². The van der Waals surface area contributed by atoms with Crippen LogP contribution in [-0.2, 0) is 14.8 Å². The summed E-state index contributed by atoms with van der Waals surface area (Å²) >= 11 is 3.99. The van der Waals surface area contributed by atoms with Crippen LogP contribution in [0.15, 0.2) is 45.0 Å². The Hall–Kier alpha value is -1.56. The van der Waals surface area contributed by atoms with Crippen LogP contribution in [0.3, 0.4) is 0 Å². The second-order valence-corrected chi connectivity index (χ2v) is 10.4. The van der Waals surface area contributed by atoms with Crippen molar-refractivity contribution in [1.82, 2.24) is 10.2 Å². The van der Waals surface area contributed by atoms with E-state index >= 15 is 0 Å². The number of rotatable bonds is 9. The van der Waals surface area contributed by atoms with E-state index in [2.05, 4.69) is 26.8 Å². The van der Waals surface area contributed by atoms with Gasteiger partial charge in [-0.15, -0.1) is 28.5 Å². The molecule has 1 heterocycles. The molecule has 0 unspecified atom stereocenters. The molecule has 0 radical (unpaired) electrons. The Labute approximate surface area is 171 Å². The predicted octanol–water partition coefficient (Wildman–Crippen LogP) is 3.93.